The fourth-order valence-electron chi connectivity index (χ4n) is 3.08. The van der Waals surface area contributed by atoms with Crippen molar-refractivity contribution in [3.8, 4) is 0 Å². The Labute approximate surface area is 160 Å². The summed E-state index contributed by atoms with van der Waals surface area (Å²) in [7, 11) is 0. The lowest BCUT2D eigenvalue weighted by atomic mass is 9.97. The van der Waals surface area contributed by atoms with Gasteiger partial charge in [-0.15, -0.1) is 12.4 Å². The lowest BCUT2D eigenvalue weighted by Crippen LogP contribution is -2.40. The van der Waals surface area contributed by atoms with Crippen LogP contribution in [0.1, 0.15) is 19.3 Å². The van der Waals surface area contributed by atoms with Crippen LogP contribution in [0, 0.1) is 5.92 Å². The second-order valence-electron chi connectivity index (χ2n) is 6.21. The van der Waals surface area contributed by atoms with Gasteiger partial charge in [-0.3, -0.25) is 14.2 Å². The van der Waals surface area contributed by atoms with Gasteiger partial charge in [0.25, 0.3) is 5.56 Å². The van der Waals surface area contributed by atoms with E-state index in [0.29, 0.717) is 36.3 Å². The summed E-state index contributed by atoms with van der Waals surface area (Å²) in [6.07, 6.45) is 3.77. The average Bonchev–Trinajstić information content (AvgIpc) is 2.61. The number of amides is 1. The molecular weight excluding hydrogens is 408 g/mol. The lowest BCUT2D eigenvalue weighted by Gasteiger charge is -2.31. The van der Waals surface area contributed by atoms with Gasteiger partial charge in [-0.05, 0) is 43.5 Å². The molecule has 1 aliphatic heterocycles. The topological polar surface area (TPSA) is 81.2 Å². The van der Waals surface area contributed by atoms with Crippen LogP contribution >= 0.6 is 28.3 Å². The van der Waals surface area contributed by atoms with Crippen LogP contribution in [0.5, 0.6) is 0 Å². The molecule has 0 aliphatic carbocycles. The van der Waals surface area contributed by atoms with Crippen molar-refractivity contribution in [1.29, 1.82) is 0 Å². The maximum atomic E-state index is 12.5. The van der Waals surface area contributed by atoms with Crippen molar-refractivity contribution in [2.45, 2.75) is 25.8 Å². The van der Waals surface area contributed by atoms with Gasteiger partial charge < -0.3 is 10.6 Å². The first-order valence-electron chi connectivity index (χ1n) is 8.21. The van der Waals surface area contributed by atoms with E-state index in [-0.39, 0.29) is 23.9 Å². The third kappa shape index (κ3) is 4.59. The lowest BCUT2D eigenvalue weighted by molar-refractivity contribution is -0.132. The molecule has 136 valence electrons. The number of hydrogen-bond acceptors (Lipinski definition) is 4. The van der Waals surface area contributed by atoms with E-state index in [0.717, 1.165) is 30.4 Å². The second-order valence-corrected chi connectivity index (χ2v) is 7.13. The van der Waals surface area contributed by atoms with Crippen LogP contribution in [-0.2, 0) is 11.3 Å². The maximum absolute atomic E-state index is 12.5. The predicted molar refractivity (Wildman–Crippen MR) is 104 cm³/mol. The SMILES string of the molecule is Cl.NCC1CCN(C(=O)CCn2cnc3ccc(Br)cc3c2=O)CC1. The second kappa shape index (κ2) is 8.78. The normalized spacial score (nSPS) is 15.2. The van der Waals surface area contributed by atoms with Crippen LogP contribution in [0.2, 0.25) is 0 Å². The van der Waals surface area contributed by atoms with E-state index >= 15 is 0 Å². The van der Waals surface area contributed by atoms with Gasteiger partial charge >= 0.3 is 0 Å². The van der Waals surface area contributed by atoms with Crippen molar-refractivity contribution in [2.24, 2.45) is 11.7 Å². The predicted octanol–water partition coefficient (Wildman–Crippen LogP) is 2.17. The molecule has 0 spiro atoms. The molecule has 1 amide bonds. The molecule has 2 heterocycles. The van der Waals surface area contributed by atoms with E-state index in [1.165, 1.54) is 10.9 Å². The minimum Gasteiger partial charge on any atom is -0.343 e. The van der Waals surface area contributed by atoms with Crippen LogP contribution in [0.25, 0.3) is 10.9 Å². The summed E-state index contributed by atoms with van der Waals surface area (Å²) in [5.74, 6) is 0.617. The molecule has 1 aliphatic rings. The first-order chi connectivity index (χ1) is 11.6. The Kier molecular flexibility index (Phi) is 6.98. The number of hydrogen-bond donors (Lipinski definition) is 1. The molecule has 0 radical (unpaired) electrons. The monoisotopic (exact) mass is 428 g/mol. The van der Waals surface area contributed by atoms with Crippen LogP contribution in [0.4, 0.5) is 0 Å². The summed E-state index contributed by atoms with van der Waals surface area (Å²) in [6, 6.07) is 5.42. The van der Waals surface area contributed by atoms with Gasteiger partial charge in [0.1, 0.15) is 0 Å². The number of halogens is 2. The number of carbonyl (C=O) groups excluding carboxylic acids is 1. The number of benzene rings is 1. The molecule has 6 nitrogen and oxygen atoms in total. The van der Waals surface area contributed by atoms with Gasteiger partial charge in [-0.25, -0.2) is 4.98 Å². The number of aromatic nitrogens is 2. The van der Waals surface area contributed by atoms with Crippen molar-refractivity contribution in [3.05, 3.63) is 39.4 Å². The highest BCUT2D eigenvalue weighted by molar-refractivity contribution is 9.10. The molecule has 1 aromatic heterocycles. The molecule has 25 heavy (non-hydrogen) atoms. The molecule has 0 saturated carbocycles. The Morgan fingerprint density at radius 2 is 2.04 bits per heavy atom. The molecule has 0 atom stereocenters. The Bertz CT molecular complexity index is 803. The molecule has 0 unspecified atom stereocenters. The standard InChI is InChI=1S/C17H21BrN4O2.ClH/c18-13-1-2-15-14(9-13)17(24)22(11-20-15)8-5-16(23)21-6-3-12(10-19)4-7-21;/h1-2,9,11-12H,3-8,10,19H2;1H. The Hall–Kier alpha value is -1.44. The first-order valence-corrected chi connectivity index (χ1v) is 9.00. The van der Waals surface area contributed by atoms with Crippen molar-refractivity contribution >= 4 is 45.1 Å². The molecule has 2 aromatic rings. The summed E-state index contributed by atoms with van der Waals surface area (Å²) in [5.41, 5.74) is 6.23. The molecule has 8 heteroatoms. The Morgan fingerprint density at radius 1 is 1.32 bits per heavy atom. The van der Waals surface area contributed by atoms with Gasteiger partial charge in [-0.1, -0.05) is 15.9 Å². The highest BCUT2D eigenvalue weighted by Crippen LogP contribution is 2.17. The Balaban J connectivity index is 0.00000225. The Morgan fingerprint density at radius 3 is 2.72 bits per heavy atom. The zero-order chi connectivity index (χ0) is 17.1. The van der Waals surface area contributed by atoms with E-state index in [1.807, 2.05) is 11.0 Å². The van der Waals surface area contributed by atoms with Gasteiger partial charge in [0.05, 0.1) is 17.2 Å². The van der Waals surface area contributed by atoms with Crippen LogP contribution in [0.15, 0.2) is 33.8 Å². The van der Waals surface area contributed by atoms with Crippen LogP contribution in [-0.4, -0.2) is 40.0 Å². The fourth-order valence-corrected chi connectivity index (χ4v) is 3.44. The van der Waals surface area contributed by atoms with Gasteiger partial charge in [0.2, 0.25) is 5.91 Å². The van der Waals surface area contributed by atoms with Gasteiger partial charge in [-0.2, -0.15) is 0 Å². The largest absolute Gasteiger partial charge is 0.343 e. The van der Waals surface area contributed by atoms with E-state index < -0.39 is 0 Å². The number of aryl methyl sites for hydroxylation is 1. The fraction of sp³-hybridized carbons (Fsp3) is 0.471. The average molecular weight is 430 g/mol. The zero-order valence-corrected chi connectivity index (χ0v) is 16.3. The molecule has 1 fully saturated rings. The zero-order valence-electron chi connectivity index (χ0n) is 13.9. The van der Waals surface area contributed by atoms with E-state index in [9.17, 15) is 9.59 Å². The van der Waals surface area contributed by atoms with Gasteiger partial charge in [0, 0.05) is 30.5 Å². The maximum Gasteiger partial charge on any atom is 0.261 e. The number of rotatable bonds is 4. The van der Waals surface area contributed by atoms with Crippen LogP contribution < -0.4 is 11.3 Å². The first kappa shape index (κ1) is 19.9. The smallest absolute Gasteiger partial charge is 0.261 e. The summed E-state index contributed by atoms with van der Waals surface area (Å²) in [6.45, 7) is 2.57. The highest BCUT2D eigenvalue weighted by atomic mass is 79.9. The number of likely N-dealkylation sites (tertiary alicyclic amines) is 1. The molecule has 2 N–H and O–H groups in total. The minimum absolute atomic E-state index is 0. The molecule has 1 saturated heterocycles. The number of nitrogens with zero attached hydrogens (tertiary/aromatic N) is 3. The van der Waals surface area contributed by atoms with Crippen molar-refractivity contribution < 1.29 is 4.79 Å². The van der Waals surface area contributed by atoms with E-state index in [1.54, 1.807) is 12.1 Å². The van der Waals surface area contributed by atoms with Crippen LogP contribution in [0.3, 0.4) is 0 Å². The minimum atomic E-state index is -0.115. The van der Waals surface area contributed by atoms with Crippen molar-refractivity contribution in [1.82, 2.24) is 14.5 Å². The molecule has 3 rings (SSSR count). The third-order valence-corrected chi connectivity index (χ3v) is 5.15. The number of carbonyl (C=O) groups is 1. The summed E-state index contributed by atoms with van der Waals surface area (Å²) < 4.78 is 2.35. The number of fused-ring (bicyclic) bond motifs is 1. The molecular formula is C17H22BrClN4O2. The summed E-state index contributed by atoms with van der Waals surface area (Å²) in [4.78, 5) is 31.0. The highest BCUT2D eigenvalue weighted by Gasteiger charge is 2.21. The van der Waals surface area contributed by atoms with E-state index in [2.05, 4.69) is 20.9 Å². The van der Waals surface area contributed by atoms with E-state index in [4.69, 9.17) is 5.73 Å². The third-order valence-electron chi connectivity index (χ3n) is 4.65. The van der Waals surface area contributed by atoms with Gasteiger partial charge in [0.15, 0.2) is 0 Å². The quantitative estimate of drug-likeness (QED) is 0.807. The number of piperidine rings is 1. The van der Waals surface area contributed by atoms with Crippen molar-refractivity contribution in [2.75, 3.05) is 19.6 Å². The molecule has 1 aromatic carbocycles. The molecule has 0 bridgehead atoms. The summed E-state index contributed by atoms with van der Waals surface area (Å²) in [5, 5.41) is 0.558. The summed E-state index contributed by atoms with van der Waals surface area (Å²) >= 11 is 3.37. The van der Waals surface area contributed by atoms with Crippen molar-refractivity contribution in [3.63, 3.8) is 0 Å². The number of nitrogens with two attached hydrogens (primary N) is 1.